The Bertz CT molecular complexity index is 832. The van der Waals surface area contributed by atoms with Gasteiger partial charge >= 0.3 is 17.9 Å². The van der Waals surface area contributed by atoms with Gasteiger partial charge in [-0.15, -0.1) is 0 Å². The Hall–Kier alpha value is -3.75. The first-order chi connectivity index (χ1) is 16.6. The predicted molar refractivity (Wildman–Crippen MR) is 123 cm³/mol. The third-order valence-electron chi connectivity index (χ3n) is 4.92. The molecule has 0 heterocycles. The zero-order valence-corrected chi connectivity index (χ0v) is 20.2. The molecule has 4 amide bonds. The quantitative estimate of drug-likeness (QED) is 0.0974. The standard InChI is InChI=1S/C21H35N5O10/c1-10(2)9-14(21(35)36)26-20(34)13(5-8-17(30)31)25-19(33)12(4-7-16(28)29)24-18(32)11(22)3-6-15(23)27/h10-14H,3-9,22H2,1-2H3,(H2,23,27)(H,24,32)(H,25,33)(H,26,34)(H,28,29)(H,30,31)(H,35,36). The van der Waals surface area contributed by atoms with Gasteiger partial charge < -0.3 is 42.7 Å². The Labute approximate surface area is 207 Å². The molecule has 36 heavy (non-hydrogen) atoms. The summed E-state index contributed by atoms with van der Waals surface area (Å²) in [5.74, 6) is -7.54. The molecule has 0 rings (SSSR count). The lowest BCUT2D eigenvalue weighted by molar-refractivity contribution is -0.143. The zero-order valence-electron chi connectivity index (χ0n) is 20.2. The third kappa shape index (κ3) is 13.8. The lowest BCUT2D eigenvalue weighted by Crippen LogP contribution is -2.57. The summed E-state index contributed by atoms with van der Waals surface area (Å²) in [6, 6.07) is -5.50. The molecule has 15 heteroatoms. The van der Waals surface area contributed by atoms with E-state index in [2.05, 4.69) is 16.0 Å². The minimum atomic E-state index is -1.49. The molecule has 4 atom stereocenters. The highest BCUT2D eigenvalue weighted by Crippen LogP contribution is 2.08. The van der Waals surface area contributed by atoms with Crippen LogP contribution in [0.3, 0.4) is 0 Å². The summed E-state index contributed by atoms with van der Waals surface area (Å²) in [5.41, 5.74) is 10.7. The fraction of sp³-hybridized carbons (Fsp3) is 0.667. The fourth-order valence-corrected chi connectivity index (χ4v) is 3.02. The van der Waals surface area contributed by atoms with Crippen LogP contribution >= 0.6 is 0 Å². The van der Waals surface area contributed by atoms with Crippen molar-refractivity contribution >= 4 is 41.5 Å². The molecular weight excluding hydrogens is 482 g/mol. The summed E-state index contributed by atoms with van der Waals surface area (Å²) in [7, 11) is 0. The van der Waals surface area contributed by atoms with Gasteiger partial charge in [0, 0.05) is 19.3 Å². The molecule has 0 saturated carbocycles. The zero-order chi connectivity index (χ0) is 28.0. The Morgan fingerprint density at radius 1 is 0.667 bits per heavy atom. The maximum Gasteiger partial charge on any atom is 0.326 e. The van der Waals surface area contributed by atoms with Crippen LogP contribution in [0.2, 0.25) is 0 Å². The molecule has 0 aromatic carbocycles. The molecule has 0 aliphatic heterocycles. The van der Waals surface area contributed by atoms with Gasteiger partial charge in [-0.05, 0) is 31.6 Å². The highest BCUT2D eigenvalue weighted by molar-refractivity contribution is 5.94. The first-order valence-corrected chi connectivity index (χ1v) is 11.2. The van der Waals surface area contributed by atoms with Gasteiger partial charge in [-0.25, -0.2) is 4.79 Å². The van der Waals surface area contributed by atoms with Crippen LogP contribution in [0.25, 0.3) is 0 Å². The van der Waals surface area contributed by atoms with Crippen LogP contribution in [-0.4, -0.2) is 81.0 Å². The van der Waals surface area contributed by atoms with E-state index < -0.39 is 91.4 Å². The molecule has 10 N–H and O–H groups in total. The lowest BCUT2D eigenvalue weighted by atomic mass is 10.0. The molecule has 204 valence electrons. The molecule has 0 aliphatic carbocycles. The van der Waals surface area contributed by atoms with Crippen molar-refractivity contribution in [1.82, 2.24) is 16.0 Å². The van der Waals surface area contributed by atoms with Crippen molar-refractivity contribution in [3.8, 4) is 0 Å². The summed E-state index contributed by atoms with van der Waals surface area (Å²) in [5, 5.41) is 34.1. The monoisotopic (exact) mass is 517 g/mol. The van der Waals surface area contributed by atoms with Crippen LogP contribution in [0.1, 0.15) is 58.8 Å². The number of aliphatic carboxylic acids is 3. The summed E-state index contributed by atoms with van der Waals surface area (Å²) in [6.45, 7) is 3.46. The number of carboxylic acid groups (broad SMARTS) is 3. The SMILES string of the molecule is CC(C)CC(NC(=O)C(CCC(=O)O)NC(=O)C(CCC(=O)O)NC(=O)C(N)CCC(N)=O)C(=O)O. The number of carbonyl (C=O) groups excluding carboxylic acids is 4. The van der Waals surface area contributed by atoms with E-state index in [1.54, 1.807) is 13.8 Å². The highest BCUT2D eigenvalue weighted by Gasteiger charge is 2.31. The first-order valence-electron chi connectivity index (χ1n) is 11.2. The largest absolute Gasteiger partial charge is 0.481 e. The van der Waals surface area contributed by atoms with Crippen molar-refractivity contribution in [2.45, 2.75) is 83.0 Å². The van der Waals surface area contributed by atoms with Gasteiger partial charge in [-0.3, -0.25) is 28.8 Å². The molecule has 0 aliphatic rings. The Kier molecular flexibility index (Phi) is 14.4. The molecule has 0 fully saturated rings. The van der Waals surface area contributed by atoms with Crippen LogP contribution in [0.15, 0.2) is 0 Å². The second-order valence-electron chi connectivity index (χ2n) is 8.63. The molecule has 0 radical (unpaired) electrons. The van der Waals surface area contributed by atoms with Gasteiger partial charge in [0.25, 0.3) is 0 Å². The van der Waals surface area contributed by atoms with E-state index in [4.69, 9.17) is 21.7 Å². The second kappa shape index (κ2) is 16.0. The smallest absolute Gasteiger partial charge is 0.326 e. The second-order valence-corrected chi connectivity index (χ2v) is 8.63. The van der Waals surface area contributed by atoms with Gasteiger partial charge in [0.05, 0.1) is 6.04 Å². The van der Waals surface area contributed by atoms with Gasteiger partial charge in [0.2, 0.25) is 23.6 Å². The maximum absolute atomic E-state index is 12.9. The van der Waals surface area contributed by atoms with Crippen LogP contribution in [-0.2, 0) is 33.6 Å². The summed E-state index contributed by atoms with van der Waals surface area (Å²) >= 11 is 0. The minimum absolute atomic E-state index is 0.0706. The van der Waals surface area contributed by atoms with E-state index >= 15 is 0 Å². The summed E-state index contributed by atoms with van der Waals surface area (Å²) in [6.07, 6.45) is -2.17. The number of nitrogens with two attached hydrogens (primary N) is 2. The number of amides is 4. The van der Waals surface area contributed by atoms with E-state index in [9.17, 15) is 38.7 Å². The van der Waals surface area contributed by atoms with Crippen LogP contribution in [0, 0.1) is 5.92 Å². The molecule has 4 unspecified atom stereocenters. The van der Waals surface area contributed by atoms with Crippen molar-refractivity contribution in [1.29, 1.82) is 0 Å². The predicted octanol–water partition coefficient (Wildman–Crippen LogP) is -2.11. The topological polar surface area (TPSA) is 268 Å². The van der Waals surface area contributed by atoms with Crippen molar-refractivity contribution in [2.24, 2.45) is 17.4 Å². The van der Waals surface area contributed by atoms with Crippen LogP contribution < -0.4 is 27.4 Å². The number of rotatable bonds is 18. The third-order valence-corrected chi connectivity index (χ3v) is 4.92. The number of hydrogen-bond donors (Lipinski definition) is 8. The molecule has 0 bridgehead atoms. The van der Waals surface area contributed by atoms with Gasteiger partial charge in [-0.1, -0.05) is 13.8 Å². The van der Waals surface area contributed by atoms with Crippen molar-refractivity contribution in [3.05, 3.63) is 0 Å². The average molecular weight is 518 g/mol. The highest BCUT2D eigenvalue weighted by atomic mass is 16.4. The van der Waals surface area contributed by atoms with Gasteiger partial charge in [0.15, 0.2) is 0 Å². The molecule has 0 saturated heterocycles. The molecule has 15 nitrogen and oxygen atoms in total. The molecule has 0 aromatic rings. The summed E-state index contributed by atoms with van der Waals surface area (Å²) < 4.78 is 0. The van der Waals surface area contributed by atoms with Crippen molar-refractivity contribution < 1.29 is 48.9 Å². The maximum atomic E-state index is 12.9. The van der Waals surface area contributed by atoms with Crippen molar-refractivity contribution in [2.75, 3.05) is 0 Å². The Morgan fingerprint density at radius 2 is 1.08 bits per heavy atom. The Balaban J connectivity index is 5.63. The Morgan fingerprint density at radius 3 is 1.44 bits per heavy atom. The normalized spacial score (nSPS) is 14.1. The van der Waals surface area contributed by atoms with Crippen molar-refractivity contribution in [3.63, 3.8) is 0 Å². The van der Waals surface area contributed by atoms with E-state index in [0.717, 1.165) is 0 Å². The molecule has 0 spiro atoms. The summed E-state index contributed by atoms with van der Waals surface area (Å²) in [4.78, 5) is 82.3. The van der Waals surface area contributed by atoms with Gasteiger partial charge in [0.1, 0.15) is 18.1 Å². The number of nitrogens with one attached hydrogen (secondary N) is 3. The van der Waals surface area contributed by atoms with Gasteiger partial charge in [-0.2, -0.15) is 0 Å². The van der Waals surface area contributed by atoms with E-state index in [1.807, 2.05) is 0 Å². The number of carboxylic acids is 3. The minimum Gasteiger partial charge on any atom is -0.481 e. The van der Waals surface area contributed by atoms with E-state index in [1.165, 1.54) is 0 Å². The number of hydrogen-bond acceptors (Lipinski definition) is 8. The van der Waals surface area contributed by atoms with E-state index in [-0.39, 0.29) is 25.2 Å². The fourth-order valence-electron chi connectivity index (χ4n) is 3.02. The van der Waals surface area contributed by atoms with Crippen LogP contribution in [0.4, 0.5) is 0 Å². The average Bonchev–Trinajstić information content (AvgIpc) is 2.75. The van der Waals surface area contributed by atoms with Crippen LogP contribution in [0.5, 0.6) is 0 Å². The van der Waals surface area contributed by atoms with E-state index in [0.29, 0.717) is 0 Å². The first kappa shape index (κ1) is 32.2. The molecular formula is C21H35N5O10. The lowest BCUT2D eigenvalue weighted by Gasteiger charge is -2.25. The molecule has 0 aromatic heterocycles. The number of primary amides is 1. The number of carbonyl (C=O) groups is 7.